The molecule has 0 bridgehead atoms. The van der Waals surface area contributed by atoms with Gasteiger partial charge in [0.2, 0.25) is 0 Å². The molecule has 0 saturated carbocycles. The Kier molecular flexibility index (Phi) is 9.69. The fourth-order valence-electron chi connectivity index (χ4n) is 2.10. The van der Waals surface area contributed by atoms with E-state index in [2.05, 4.69) is 26.4 Å². The van der Waals surface area contributed by atoms with Crippen molar-refractivity contribution >= 4 is 40.7 Å². The van der Waals surface area contributed by atoms with Crippen LogP contribution in [0.15, 0.2) is 39.2 Å². The SMILES string of the molecule is C/C=N\C(=N/C)c1ccc(C(C#N)CNC(=O)/N=C(/C)SCC(C)=O)cc1. The van der Waals surface area contributed by atoms with Gasteiger partial charge in [0.25, 0.3) is 0 Å². The number of benzene rings is 1. The maximum Gasteiger partial charge on any atom is 0.341 e. The monoisotopic (exact) mass is 385 g/mol. The third kappa shape index (κ3) is 7.96. The highest BCUT2D eigenvalue weighted by atomic mass is 32.2. The minimum Gasteiger partial charge on any atom is -0.335 e. The molecule has 2 amide bonds. The first-order valence-electron chi connectivity index (χ1n) is 8.32. The number of urea groups is 1. The van der Waals surface area contributed by atoms with Crippen LogP contribution in [-0.2, 0) is 4.79 Å². The maximum atomic E-state index is 11.9. The molecule has 142 valence electrons. The molecule has 0 fully saturated rings. The highest BCUT2D eigenvalue weighted by Crippen LogP contribution is 2.16. The number of carbonyl (C=O) groups is 2. The van der Waals surface area contributed by atoms with Crippen LogP contribution in [0.3, 0.4) is 0 Å². The van der Waals surface area contributed by atoms with Gasteiger partial charge in [-0.05, 0) is 26.3 Å². The summed E-state index contributed by atoms with van der Waals surface area (Å²) >= 11 is 1.21. The molecule has 1 unspecified atom stereocenters. The Morgan fingerprint density at radius 2 is 1.96 bits per heavy atom. The number of nitrogens with one attached hydrogen (secondary N) is 1. The number of rotatable bonds is 6. The summed E-state index contributed by atoms with van der Waals surface area (Å²) < 4.78 is 0. The normalized spacial score (nSPS) is 13.3. The maximum absolute atomic E-state index is 11.9. The van der Waals surface area contributed by atoms with Gasteiger partial charge in [0.05, 0.1) is 22.8 Å². The Morgan fingerprint density at radius 1 is 1.30 bits per heavy atom. The van der Waals surface area contributed by atoms with E-state index in [1.165, 1.54) is 18.7 Å². The molecule has 0 aromatic heterocycles. The van der Waals surface area contributed by atoms with Gasteiger partial charge in [0.1, 0.15) is 5.78 Å². The van der Waals surface area contributed by atoms with Crippen LogP contribution in [0.25, 0.3) is 0 Å². The topological polar surface area (TPSA) is 107 Å². The van der Waals surface area contributed by atoms with Gasteiger partial charge in [0, 0.05) is 25.4 Å². The minimum absolute atomic E-state index is 0.0175. The number of amides is 2. The average molecular weight is 385 g/mol. The largest absolute Gasteiger partial charge is 0.341 e. The number of ketones is 1. The molecule has 1 atom stereocenters. The van der Waals surface area contributed by atoms with Crippen molar-refractivity contribution in [2.24, 2.45) is 15.0 Å². The summed E-state index contributed by atoms with van der Waals surface area (Å²) in [4.78, 5) is 35.0. The number of thioether (sulfide) groups is 1. The van der Waals surface area contributed by atoms with E-state index in [9.17, 15) is 14.9 Å². The van der Waals surface area contributed by atoms with Crippen molar-refractivity contribution in [1.29, 1.82) is 5.26 Å². The number of carbonyl (C=O) groups excluding carboxylic acids is 2. The highest BCUT2D eigenvalue weighted by Gasteiger charge is 2.13. The molecule has 1 rings (SSSR count). The Labute approximate surface area is 163 Å². The van der Waals surface area contributed by atoms with E-state index >= 15 is 0 Å². The first kappa shape index (κ1) is 22.3. The van der Waals surface area contributed by atoms with Crippen LogP contribution in [0.5, 0.6) is 0 Å². The van der Waals surface area contributed by atoms with Gasteiger partial charge < -0.3 is 5.32 Å². The minimum atomic E-state index is -0.530. The molecule has 0 radical (unpaired) electrons. The lowest BCUT2D eigenvalue weighted by atomic mass is 9.99. The van der Waals surface area contributed by atoms with Gasteiger partial charge >= 0.3 is 6.03 Å². The van der Waals surface area contributed by atoms with E-state index in [1.54, 1.807) is 20.2 Å². The Balaban J connectivity index is 2.71. The zero-order chi connectivity index (χ0) is 20.2. The van der Waals surface area contributed by atoms with Crippen molar-refractivity contribution in [3.63, 3.8) is 0 Å². The summed E-state index contributed by atoms with van der Waals surface area (Å²) in [5.41, 5.74) is 1.63. The summed E-state index contributed by atoms with van der Waals surface area (Å²) in [5.74, 6) is 0.406. The zero-order valence-electron chi connectivity index (χ0n) is 15.9. The van der Waals surface area contributed by atoms with Crippen LogP contribution >= 0.6 is 11.8 Å². The van der Waals surface area contributed by atoms with E-state index in [1.807, 2.05) is 31.2 Å². The first-order valence-corrected chi connectivity index (χ1v) is 9.30. The fourth-order valence-corrected chi connectivity index (χ4v) is 2.66. The van der Waals surface area contributed by atoms with Crippen LogP contribution in [0.1, 0.15) is 37.8 Å². The van der Waals surface area contributed by atoms with Crippen LogP contribution in [0, 0.1) is 11.3 Å². The number of nitrogens with zero attached hydrogens (tertiary/aromatic N) is 4. The quantitative estimate of drug-likeness (QED) is 0.599. The summed E-state index contributed by atoms with van der Waals surface area (Å²) in [5, 5.41) is 12.5. The number of hydrogen-bond acceptors (Lipinski definition) is 5. The molecule has 7 nitrogen and oxygen atoms in total. The molecule has 0 aliphatic rings. The third-order valence-electron chi connectivity index (χ3n) is 3.39. The number of nitriles is 1. The molecule has 27 heavy (non-hydrogen) atoms. The van der Waals surface area contributed by atoms with Crippen LogP contribution in [-0.4, -0.2) is 48.3 Å². The van der Waals surface area contributed by atoms with Gasteiger partial charge in [-0.1, -0.05) is 24.3 Å². The summed E-state index contributed by atoms with van der Waals surface area (Å²) in [6, 6.07) is 8.99. The third-order valence-corrected chi connectivity index (χ3v) is 4.45. The molecule has 0 heterocycles. The lowest BCUT2D eigenvalue weighted by Crippen LogP contribution is -2.26. The standard InChI is InChI=1S/C19H23N5O2S/c1-5-22-18(21-4)16-8-6-15(7-9-16)17(10-20)11-23-19(26)24-14(3)27-12-13(2)25/h5-9,17H,11-12H2,1-4H3,(H,23,26)/b21-18-,22-5-,24-14-. The van der Waals surface area contributed by atoms with Crippen LogP contribution < -0.4 is 5.32 Å². The highest BCUT2D eigenvalue weighted by molar-refractivity contribution is 8.14. The van der Waals surface area contributed by atoms with E-state index in [4.69, 9.17) is 0 Å². The Hall–Kier alpha value is -2.79. The lowest BCUT2D eigenvalue weighted by molar-refractivity contribution is -0.114. The van der Waals surface area contributed by atoms with Crippen molar-refractivity contribution in [1.82, 2.24) is 5.32 Å². The first-order chi connectivity index (χ1) is 12.9. The number of Topliss-reactive ketones (excluding diaryl/α,β-unsaturated/α-hetero) is 1. The molecule has 0 aliphatic carbocycles. The van der Waals surface area contributed by atoms with E-state index in [-0.39, 0.29) is 18.1 Å². The molecule has 8 heteroatoms. The fraction of sp³-hybridized carbons (Fsp3) is 0.368. The molecule has 0 spiro atoms. The van der Waals surface area contributed by atoms with Crippen molar-refractivity contribution < 1.29 is 9.59 Å². The van der Waals surface area contributed by atoms with Crippen molar-refractivity contribution in [2.45, 2.75) is 26.7 Å². The summed E-state index contributed by atoms with van der Waals surface area (Å²) in [6.07, 6.45) is 1.67. The van der Waals surface area contributed by atoms with E-state index in [0.717, 1.165) is 11.1 Å². The van der Waals surface area contributed by atoms with Gasteiger partial charge in [0.15, 0.2) is 5.84 Å². The smallest absolute Gasteiger partial charge is 0.335 e. The number of aliphatic imine (C=N–C) groups is 3. The van der Waals surface area contributed by atoms with E-state index < -0.39 is 11.9 Å². The van der Waals surface area contributed by atoms with Gasteiger partial charge in [-0.2, -0.15) is 10.3 Å². The average Bonchev–Trinajstić information content (AvgIpc) is 2.65. The van der Waals surface area contributed by atoms with Crippen molar-refractivity contribution in [2.75, 3.05) is 19.3 Å². The lowest BCUT2D eigenvalue weighted by Gasteiger charge is -2.11. The second kappa shape index (κ2) is 11.8. The molecular weight excluding hydrogens is 362 g/mol. The Bertz CT molecular complexity index is 791. The van der Waals surface area contributed by atoms with Crippen molar-refractivity contribution in [3.8, 4) is 6.07 Å². The van der Waals surface area contributed by atoms with Crippen LogP contribution in [0.4, 0.5) is 4.79 Å². The van der Waals surface area contributed by atoms with Gasteiger partial charge in [-0.25, -0.2) is 9.79 Å². The molecule has 1 N–H and O–H groups in total. The van der Waals surface area contributed by atoms with E-state index in [0.29, 0.717) is 10.9 Å². The van der Waals surface area contributed by atoms with Crippen LogP contribution in [0.2, 0.25) is 0 Å². The summed E-state index contributed by atoms with van der Waals surface area (Å²) in [7, 11) is 1.67. The molecule has 0 saturated heterocycles. The Morgan fingerprint density at radius 3 is 2.48 bits per heavy atom. The van der Waals surface area contributed by atoms with Gasteiger partial charge in [-0.3, -0.25) is 9.79 Å². The molecule has 1 aromatic rings. The van der Waals surface area contributed by atoms with Crippen molar-refractivity contribution in [3.05, 3.63) is 35.4 Å². The number of amidine groups is 1. The second-order valence-electron chi connectivity index (χ2n) is 5.55. The summed E-state index contributed by atoms with van der Waals surface area (Å²) in [6.45, 7) is 5.10. The predicted octanol–water partition coefficient (Wildman–Crippen LogP) is 3.21. The molecular formula is C19H23N5O2S. The molecule has 0 aliphatic heterocycles. The molecule has 1 aromatic carbocycles. The predicted molar refractivity (Wildman–Crippen MR) is 111 cm³/mol. The zero-order valence-corrected chi connectivity index (χ0v) is 16.7. The second-order valence-corrected chi connectivity index (χ2v) is 6.71. The van der Waals surface area contributed by atoms with Gasteiger partial charge in [-0.15, -0.1) is 11.8 Å². The number of hydrogen-bond donors (Lipinski definition) is 1.